The lowest BCUT2D eigenvalue weighted by Crippen LogP contribution is -2.32. The molecule has 0 radical (unpaired) electrons. The summed E-state index contributed by atoms with van der Waals surface area (Å²) in [5.74, 6) is -0.958. The van der Waals surface area contributed by atoms with Crippen molar-refractivity contribution >= 4 is 5.97 Å². The van der Waals surface area contributed by atoms with E-state index in [1.165, 1.54) is 0 Å². The molecule has 0 amide bonds. The number of benzene rings is 1. The maximum Gasteiger partial charge on any atom is 0.320 e. The molecule has 0 aromatic heterocycles. The molecular weight excluding hydrogens is 190 g/mol. The molecule has 15 heavy (non-hydrogen) atoms. The molecular formula is C12H19NO2. The third kappa shape index (κ3) is 5.18. The summed E-state index contributed by atoms with van der Waals surface area (Å²) in [7, 11) is 0. The van der Waals surface area contributed by atoms with Crippen molar-refractivity contribution in [2.75, 3.05) is 0 Å². The topological polar surface area (TPSA) is 63.3 Å². The molecule has 0 saturated carbocycles. The second-order valence-electron chi connectivity index (χ2n) is 3.13. The molecule has 84 valence electrons. The highest BCUT2D eigenvalue weighted by atomic mass is 16.4. The van der Waals surface area contributed by atoms with Gasteiger partial charge < -0.3 is 10.8 Å². The lowest BCUT2D eigenvalue weighted by Gasteiger charge is -2.05. The van der Waals surface area contributed by atoms with Crippen molar-refractivity contribution in [3.63, 3.8) is 0 Å². The summed E-state index contributed by atoms with van der Waals surface area (Å²) in [6.07, 6.45) is 0.385. The van der Waals surface area contributed by atoms with E-state index in [2.05, 4.69) is 0 Å². The number of hydrogen-bond donors (Lipinski definition) is 2. The number of nitrogens with two attached hydrogens (primary N) is 1. The van der Waals surface area contributed by atoms with Crippen molar-refractivity contribution in [1.82, 2.24) is 0 Å². The Morgan fingerprint density at radius 1 is 1.33 bits per heavy atom. The van der Waals surface area contributed by atoms with Gasteiger partial charge >= 0.3 is 5.97 Å². The van der Waals surface area contributed by atoms with Crippen LogP contribution in [-0.2, 0) is 11.2 Å². The molecule has 0 aliphatic rings. The molecule has 0 heterocycles. The minimum atomic E-state index is -0.958. The second-order valence-corrected chi connectivity index (χ2v) is 3.13. The van der Waals surface area contributed by atoms with Gasteiger partial charge in [0.25, 0.3) is 0 Å². The Morgan fingerprint density at radius 2 is 1.80 bits per heavy atom. The number of aliphatic carboxylic acids is 1. The second kappa shape index (κ2) is 7.01. The van der Waals surface area contributed by atoms with Gasteiger partial charge in [0, 0.05) is 0 Å². The van der Waals surface area contributed by atoms with Crippen LogP contribution in [0.25, 0.3) is 0 Å². The molecule has 0 fully saturated rings. The van der Waals surface area contributed by atoms with Crippen LogP contribution in [0.3, 0.4) is 0 Å². The monoisotopic (exact) mass is 209 g/mol. The Morgan fingerprint density at radius 3 is 2.20 bits per heavy atom. The quantitative estimate of drug-likeness (QED) is 0.800. The van der Waals surface area contributed by atoms with Crippen LogP contribution in [0.1, 0.15) is 25.0 Å². The smallest absolute Gasteiger partial charge is 0.320 e. The summed E-state index contributed by atoms with van der Waals surface area (Å²) in [6, 6.07) is 6.90. The van der Waals surface area contributed by atoms with Crippen molar-refractivity contribution in [2.45, 2.75) is 33.2 Å². The maximum absolute atomic E-state index is 10.4. The van der Waals surface area contributed by atoms with E-state index < -0.39 is 12.0 Å². The molecule has 0 bridgehead atoms. The SMILES string of the molecule is CC.Cc1ccc(C[C@H](N)C(=O)O)cc1. The molecule has 3 nitrogen and oxygen atoms in total. The highest BCUT2D eigenvalue weighted by molar-refractivity contribution is 5.73. The Hall–Kier alpha value is -1.35. The molecule has 0 aliphatic carbocycles. The van der Waals surface area contributed by atoms with E-state index in [4.69, 9.17) is 10.8 Å². The van der Waals surface area contributed by atoms with Gasteiger partial charge in [-0.2, -0.15) is 0 Å². The fourth-order valence-corrected chi connectivity index (χ4v) is 1.07. The van der Waals surface area contributed by atoms with Gasteiger partial charge in [-0.05, 0) is 18.9 Å². The molecule has 1 aromatic rings. The van der Waals surface area contributed by atoms with Crippen LogP contribution in [0.4, 0.5) is 0 Å². The van der Waals surface area contributed by atoms with Gasteiger partial charge in [-0.3, -0.25) is 4.79 Å². The zero-order valence-electron chi connectivity index (χ0n) is 9.53. The van der Waals surface area contributed by atoms with E-state index in [0.29, 0.717) is 6.42 Å². The molecule has 1 aromatic carbocycles. The summed E-state index contributed by atoms with van der Waals surface area (Å²) in [4.78, 5) is 10.4. The largest absolute Gasteiger partial charge is 0.480 e. The highest BCUT2D eigenvalue weighted by Gasteiger charge is 2.11. The van der Waals surface area contributed by atoms with Gasteiger partial charge in [0.1, 0.15) is 6.04 Å². The fourth-order valence-electron chi connectivity index (χ4n) is 1.07. The first-order valence-electron chi connectivity index (χ1n) is 5.13. The summed E-state index contributed by atoms with van der Waals surface area (Å²) >= 11 is 0. The number of rotatable bonds is 3. The van der Waals surface area contributed by atoms with Crippen molar-refractivity contribution < 1.29 is 9.90 Å². The van der Waals surface area contributed by atoms with E-state index in [-0.39, 0.29) is 0 Å². The Balaban J connectivity index is 0.000000921. The first kappa shape index (κ1) is 13.7. The fraction of sp³-hybridized carbons (Fsp3) is 0.417. The predicted octanol–water partition coefficient (Wildman–Crippen LogP) is 1.98. The van der Waals surface area contributed by atoms with Gasteiger partial charge in [-0.25, -0.2) is 0 Å². The van der Waals surface area contributed by atoms with E-state index >= 15 is 0 Å². The van der Waals surface area contributed by atoms with E-state index in [9.17, 15) is 4.79 Å². The lowest BCUT2D eigenvalue weighted by molar-refractivity contribution is -0.138. The Labute approximate surface area is 90.9 Å². The van der Waals surface area contributed by atoms with Gasteiger partial charge in [-0.15, -0.1) is 0 Å². The molecule has 3 N–H and O–H groups in total. The number of carboxylic acid groups (broad SMARTS) is 1. The van der Waals surface area contributed by atoms with Crippen LogP contribution in [0.5, 0.6) is 0 Å². The minimum absolute atomic E-state index is 0.385. The summed E-state index contributed by atoms with van der Waals surface area (Å²) in [5, 5.41) is 8.57. The van der Waals surface area contributed by atoms with E-state index in [0.717, 1.165) is 11.1 Å². The summed E-state index contributed by atoms with van der Waals surface area (Å²) in [6.45, 7) is 5.99. The van der Waals surface area contributed by atoms with Crippen LogP contribution < -0.4 is 5.73 Å². The first-order valence-corrected chi connectivity index (χ1v) is 5.13. The van der Waals surface area contributed by atoms with Crippen LogP contribution in [0.15, 0.2) is 24.3 Å². The van der Waals surface area contributed by atoms with Crippen LogP contribution in [-0.4, -0.2) is 17.1 Å². The molecule has 0 aliphatic heterocycles. The molecule has 1 atom stereocenters. The third-order valence-corrected chi connectivity index (χ3v) is 1.89. The zero-order chi connectivity index (χ0) is 11.8. The van der Waals surface area contributed by atoms with Crippen molar-refractivity contribution in [1.29, 1.82) is 0 Å². The number of carbonyl (C=O) groups is 1. The molecule has 0 saturated heterocycles. The van der Waals surface area contributed by atoms with Gasteiger partial charge in [0.05, 0.1) is 0 Å². The number of hydrogen-bond acceptors (Lipinski definition) is 2. The average Bonchev–Trinajstić information content (AvgIpc) is 2.24. The van der Waals surface area contributed by atoms with E-state index in [1.54, 1.807) is 0 Å². The molecule has 0 spiro atoms. The van der Waals surface area contributed by atoms with Gasteiger partial charge in [0.15, 0.2) is 0 Å². The van der Waals surface area contributed by atoms with Crippen molar-refractivity contribution in [2.24, 2.45) is 5.73 Å². The van der Waals surface area contributed by atoms with E-state index in [1.807, 2.05) is 45.0 Å². The van der Waals surface area contributed by atoms with Gasteiger partial charge in [-0.1, -0.05) is 43.7 Å². The van der Waals surface area contributed by atoms with Crippen molar-refractivity contribution in [3.8, 4) is 0 Å². The van der Waals surface area contributed by atoms with Crippen LogP contribution >= 0.6 is 0 Å². The van der Waals surface area contributed by atoms with Crippen LogP contribution in [0, 0.1) is 6.92 Å². The lowest BCUT2D eigenvalue weighted by atomic mass is 10.1. The Bertz CT molecular complexity index is 293. The van der Waals surface area contributed by atoms with Gasteiger partial charge in [0.2, 0.25) is 0 Å². The third-order valence-electron chi connectivity index (χ3n) is 1.89. The average molecular weight is 209 g/mol. The standard InChI is InChI=1S/C10H13NO2.C2H6/c1-7-2-4-8(5-3-7)6-9(11)10(12)13;1-2/h2-5,9H,6,11H2,1H3,(H,12,13);1-2H3/t9-;/m0./s1. The zero-order valence-corrected chi connectivity index (χ0v) is 9.53. The predicted molar refractivity (Wildman–Crippen MR) is 61.8 cm³/mol. The molecule has 0 unspecified atom stereocenters. The highest BCUT2D eigenvalue weighted by Crippen LogP contribution is 2.05. The molecule has 3 heteroatoms. The summed E-state index contributed by atoms with van der Waals surface area (Å²) in [5.41, 5.74) is 7.51. The normalized spacial score (nSPS) is 11.2. The van der Waals surface area contributed by atoms with Crippen LogP contribution in [0.2, 0.25) is 0 Å². The first-order chi connectivity index (χ1) is 7.09. The number of carboxylic acids is 1. The molecule has 1 rings (SSSR count). The minimum Gasteiger partial charge on any atom is -0.480 e. The van der Waals surface area contributed by atoms with Crippen molar-refractivity contribution in [3.05, 3.63) is 35.4 Å². The number of aryl methyl sites for hydroxylation is 1. The maximum atomic E-state index is 10.4. The Kier molecular flexibility index (Phi) is 6.38. The summed E-state index contributed by atoms with van der Waals surface area (Å²) < 4.78 is 0.